The van der Waals surface area contributed by atoms with E-state index >= 15 is 0 Å². The van der Waals surface area contributed by atoms with Gasteiger partial charge in [-0.1, -0.05) is 6.92 Å². The molecule has 206 valence electrons. The van der Waals surface area contributed by atoms with Gasteiger partial charge in [0.05, 0.1) is 16.8 Å². The summed E-state index contributed by atoms with van der Waals surface area (Å²) in [5.74, 6) is -1.59. The van der Waals surface area contributed by atoms with Gasteiger partial charge in [0.1, 0.15) is 17.1 Å². The molecule has 5 rings (SSSR count). The highest BCUT2D eigenvalue weighted by molar-refractivity contribution is 6.07. The smallest absolute Gasteiger partial charge is 0.255 e. The Hall–Kier alpha value is -3.95. The normalized spacial score (nSPS) is 19.3. The molecule has 10 heteroatoms. The maximum atomic E-state index is 13.1. The van der Waals surface area contributed by atoms with E-state index in [0.29, 0.717) is 51.0 Å². The summed E-state index contributed by atoms with van der Waals surface area (Å²) >= 11 is 0. The van der Waals surface area contributed by atoms with Gasteiger partial charge >= 0.3 is 0 Å². The predicted octanol–water partition coefficient (Wildman–Crippen LogP) is 5.70. The molecule has 1 atom stereocenters. The van der Waals surface area contributed by atoms with Crippen LogP contribution in [0.1, 0.15) is 63.9 Å². The number of allylic oxidation sites excluding steroid dienone is 1. The lowest BCUT2D eigenvalue weighted by Crippen LogP contribution is -2.42. The first-order valence-electron chi connectivity index (χ1n) is 13.1. The Kier molecular flexibility index (Phi) is 7.05. The fourth-order valence-electron chi connectivity index (χ4n) is 5.43. The van der Waals surface area contributed by atoms with Crippen molar-refractivity contribution < 1.29 is 27.5 Å². The molecule has 0 spiro atoms. The SMILES string of the molecule is Cc1oc2cc(O/C(=C/C=N)c3[nH]cc(C(=O)N4CCC(C)C4)c3C)ccc2c1C(=O)NCC1CC(F)(F)C1. The zero-order valence-corrected chi connectivity index (χ0v) is 22.2. The minimum absolute atomic E-state index is 0.0298. The van der Waals surface area contributed by atoms with Gasteiger partial charge in [0.15, 0.2) is 5.76 Å². The lowest BCUT2D eigenvalue weighted by Gasteiger charge is -2.34. The molecule has 2 aliphatic rings. The van der Waals surface area contributed by atoms with E-state index in [1.54, 1.807) is 31.3 Å². The molecular weight excluding hydrogens is 506 g/mol. The number of likely N-dealkylation sites (tertiary alicyclic amines) is 1. The van der Waals surface area contributed by atoms with Crippen molar-refractivity contribution in [3.63, 3.8) is 0 Å². The van der Waals surface area contributed by atoms with Crippen molar-refractivity contribution in [2.24, 2.45) is 11.8 Å². The summed E-state index contributed by atoms with van der Waals surface area (Å²) in [6.45, 7) is 7.31. The number of furan rings is 1. The fourth-order valence-corrected chi connectivity index (χ4v) is 5.43. The van der Waals surface area contributed by atoms with Gasteiger partial charge in [-0.2, -0.15) is 0 Å². The van der Waals surface area contributed by atoms with E-state index in [-0.39, 0.29) is 37.1 Å². The Balaban J connectivity index is 1.33. The van der Waals surface area contributed by atoms with Crippen LogP contribution in [0.3, 0.4) is 0 Å². The minimum atomic E-state index is -2.63. The molecule has 8 nitrogen and oxygen atoms in total. The van der Waals surface area contributed by atoms with E-state index in [4.69, 9.17) is 14.6 Å². The number of amides is 2. The number of aromatic amines is 1. The monoisotopic (exact) mass is 538 g/mol. The third-order valence-corrected chi connectivity index (χ3v) is 7.58. The topological polar surface area (TPSA) is 111 Å². The van der Waals surface area contributed by atoms with E-state index in [9.17, 15) is 18.4 Å². The molecule has 0 radical (unpaired) electrons. The van der Waals surface area contributed by atoms with Gasteiger partial charge in [0.25, 0.3) is 11.8 Å². The number of halogens is 2. The number of alkyl halides is 2. The maximum absolute atomic E-state index is 13.1. The van der Waals surface area contributed by atoms with Crippen molar-refractivity contribution in [3.8, 4) is 5.75 Å². The highest BCUT2D eigenvalue weighted by Crippen LogP contribution is 2.42. The van der Waals surface area contributed by atoms with E-state index in [2.05, 4.69) is 17.2 Å². The van der Waals surface area contributed by atoms with Gasteiger partial charge in [-0.15, -0.1) is 0 Å². The molecular formula is C29H32F2N4O4. The first-order chi connectivity index (χ1) is 18.6. The predicted molar refractivity (Wildman–Crippen MR) is 144 cm³/mol. The molecule has 3 N–H and O–H groups in total. The van der Waals surface area contributed by atoms with Crippen LogP contribution in [0.25, 0.3) is 16.7 Å². The van der Waals surface area contributed by atoms with Gasteiger partial charge in [0, 0.05) is 62.4 Å². The van der Waals surface area contributed by atoms with Gasteiger partial charge < -0.3 is 29.8 Å². The summed E-state index contributed by atoms with van der Waals surface area (Å²) in [6, 6.07) is 5.05. The summed E-state index contributed by atoms with van der Waals surface area (Å²) in [7, 11) is 0. The molecule has 1 aliphatic heterocycles. The largest absolute Gasteiger partial charge is 0.460 e. The van der Waals surface area contributed by atoms with Crippen LogP contribution < -0.4 is 10.1 Å². The zero-order chi connectivity index (χ0) is 27.9. The molecule has 1 aromatic carbocycles. The van der Waals surface area contributed by atoms with Crippen molar-refractivity contribution in [3.05, 3.63) is 58.6 Å². The summed E-state index contributed by atoms with van der Waals surface area (Å²) in [5, 5.41) is 10.9. The second kappa shape index (κ2) is 10.3. The van der Waals surface area contributed by atoms with Crippen LogP contribution in [-0.4, -0.2) is 53.5 Å². The third kappa shape index (κ3) is 5.32. The Morgan fingerprint density at radius 2 is 2.08 bits per heavy atom. The molecule has 1 unspecified atom stereocenters. The van der Waals surface area contributed by atoms with Crippen LogP contribution in [0, 0.1) is 31.1 Å². The average molecular weight is 539 g/mol. The zero-order valence-electron chi connectivity index (χ0n) is 22.2. The number of H-pyrrole nitrogens is 1. The number of fused-ring (bicyclic) bond motifs is 1. The molecule has 2 fully saturated rings. The van der Waals surface area contributed by atoms with Gasteiger partial charge in [-0.3, -0.25) is 9.59 Å². The first kappa shape index (κ1) is 26.6. The molecule has 1 aliphatic carbocycles. The lowest BCUT2D eigenvalue weighted by molar-refractivity contribution is -0.108. The first-order valence-corrected chi connectivity index (χ1v) is 13.1. The van der Waals surface area contributed by atoms with Crippen molar-refractivity contribution in [1.82, 2.24) is 15.2 Å². The number of aromatic nitrogens is 1. The van der Waals surface area contributed by atoms with E-state index in [0.717, 1.165) is 31.3 Å². The standard InChI is InChI=1S/C29H32F2N4O4/c1-16-7-9-35(15-16)28(37)22-14-33-26(17(22)2)23(6-8-32)39-20-4-5-21-24(10-20)38-18(3)25(21)27(36)34-13-19-11-29(30,31)12-19/h4-6,8,10,14,16,19,32-33H,7,9,11-13,15H2,1-3H3,(H,34,36)/b23-6+,32-8?. The van der Waals surface area contributed by atoms with Gasteiger partial charge in [-0.05, 0) is 49.8 Å². The Morgan fingerprint density at radius 3 is 2.74 bits per heavy atom. The maximum Gasteiger partial charge on any atom is 0.255 e. The Bertz CT molecular complexity index is 1460. The molecule has 3 heterocycles. The third-order valence-electron chi connectivity index (χ3n) is 7.58. The minimum Gasteiger partial charge on any atom is -0.460 e. The van der Waals surface area contributed by atoms with E-state index in [1.165, 1.54) is 6.08 Å². The second-order valence-electron chi connectivity index (χ2n) is 10.7. The van der Waals surface area contributed by atoms with Gasteiger partial charge in [0.2, 0.25) is 5.92 Å². The van der Waals surface area contributed by atoms with Crippen LogP contribution in [0.5, 0.6) is 5.75 Å². The number of ether oxygens (including phenoxy) is 1. The number of hydrogen-bond acceptors (Lipinski definition) is 5. The van der Waals surface area contributed by atoms with Crippen LogP contribution in [0.4, 0.5) is 8.78 Å². The Labute approximate surface area is 224 Å². The lowest BCUT2D eigenvalue weighted by atomic mass is 9.81. The van der Waals surface area contributed by atoms with E-state index < -0.39 is 5.92 Å². The van der Waals surface area contributed by atoms with E-state index in [1.807, 2.05) is 11.8 Å². The molecule has 2 aromatic heterocycles. The number of rotatable bonds is 8. The van der Waals surface area contributed by atoms with Crippen LogP contribution in [0.15, 0.2) is 34.9 Å². The quantitative estimate of drug-likeness (QED) is 0.252. The number of nitrogens with zero attached hydrogens (tertiary/aromatic N) is 1. The van der Waals surface area contributed by atoms with Crippen molar-refractivity contribution >= 4 is 34.8 Å². The highest BCUT2D eigenvalue weighted by Gasteiger charge is 2.45. The fraction of sp³-hybridized carbons (Fsp3) is 0.414. The number of hydrogen-bond donors (Lipinski definition) is 3. The molecule has 0 bridgehead atoms. The number of carbonyl (C=O) groups is 2. The number of benzene rings is 1. The summed E-state index contributed by atoms with van der Waals surface area (Å²) in [6.07, 6.45) is 4.84. The summed E-state index contributed by atoms with van der Waals surface area (Å²) in [4.78, 5) is 30.9. The van der Waals surface area contributed by atoms with Crippen LogP contribution in [0.2, 0.25) is 0 Å². The van der Waals surface area contributed by atoms with Crippen LogP contribution >= 0.6 is 0 Å². The molecule has 2 amide bonds. The summed E-state index contributed by atoms with van der Waals surface area (Å²) in [5.41, 5.74) is 2.67. The number of aryl methyl sites for hydroxylation is 1. The number of nitrogens with one attached hydrogen (secondary N) is 3. The number of carbonyl (C=O) groups excluding carboxylic acids is 2. The van der Waals surface area contributed by atoms with Crippen LogP contribution in [-0.2, 0) is 0 Å². The highest BCUT2D eigenvalue weighted by atomic mass is 19.3. The molecule has 1 saturated carbocycles. The molecule has 3 aromatic rings. The second-order valence-corrected chi connectivity index (χ2v) is 10.7. The molecule has 1 saturated heterocycles. The van der Waals surface area contributed by atoms with Gasteiger partial charge in [-0.25, -0.2) is 8.78 Å². The summed E-state index contributed by atoms with van der Waals surface area (Å²) < 4.78 is 38.2. The van der Waals surface area contributed by atoms with Crippen molar-refractivity contribution in [1.29, 1.82) is 5.41 Å². The van der Waals surface area contributed by atoms with Crippen molar-refractivity contribution in [2.45, 2.75) is 46.0 Å². The average Bonchev–Trinajstić information content (AvgIpc) is 3.56. The van der Waals surface area contributed by atoms with Crippen molar-refractivity contribution in [2.75, 3.05) is 19.6 Å². The Morgan fingerprint density at radius 1 is 1.31 bits per heavy atom. The molecule has 39 heavy (non-hydrogen) atoms.